The fraction of sp³-hybridized carbons (Fsp3) is 0.440. The summed E-state index contributed by atoms with van der Waals surface area (Å²) in [6.07, 6.45) is 2.04. The lowest BCUT2D eigenvalue weighted by atomic mass is 10.1. The van der Waals surface area contributed by atoms with Gasteiger partial charge in [0.25, 0.3) is 0 Å². The summed E-state index contributed by atoms with van der Waals surface area (Å²) in [7, 11) is -1.06. The molecule has 9 nitrogen and oxygen atoms in total. The highest BCUT2D eigenvalue weighted by Crippen LogP contribution is 2.34. The van der Waals surface area contributed by atoms with Crippen LogP contribution in [0.5, 0.6) is 11.5 Å². The fourth-order valence-corrected chi connectivity index (χ4v) is 4.88. The molecule has 0 spiro atoms. The molecular weight excluding hydrogens is 541 g/mol. The van der Waals surface area contributed by atoms with Crippen molar-refractivity contribution in [3.63, 3.8) is 0 Å². The minimum atomic E-state index is -3.92. The minimum Gasteiger partial charge on any atom is -0.497 e. The van der Waals surface area contributed by atoms with Crippen molar-refractivity contribution in [2.24, 2.45) is 0 Å². The number of nitrogens with one attached hydrogen (secondary N) is 1. The van der Waals surface area contributed by atoms with Gasteiger partial charge >= 0.3 is 0 Å². The molecule has 2 rings (SSSR count). The number of ether oxygens (including phenoxy) is 2. The average Bonchev–Trinajstić information content (AvgIpc) is 2.86. The predicted molar refractivity (Wildman–Crippen MR) is 146 cm³/mol. The van der Waals surface area contributed by atoms with Crippen molar-refractivity contribution >= 4 is 50.7 Å². The summed E-state index contributed by atoms with van der Waals surface area (Å²) >= 11 is 12.2. The molecule has 2 aromatic carbocycles. The highest BCUT2D eigenvalue weighted by molar-refractivity contribution is 7.92. The Balaban J connectivity index is 2.51. The van der Waals surface area contributed by atoms with E-state index in [1.807, 2.05) is 6.92 Å². The summed E-state index contributed by atoms with van der Waals surface area (Å²) in [5.41, 5.74) is 0.801. The lowest BCUT2D eigenvalue weighted by Crippen LogP contribution is -2.52. The molecular formula is C25H33Cl2N3O6S. The Morgan fingerprint density at radius 3 is 2.27 bits per heavy atom. The van der Waals surface area contributed by atoms with E-state index in [1.54, 1.807) is 31.2 Å². The number of sulfonamides is 1. The molecule has 0 radical (unpaired) electrons. The third-order valence-corrected chi connectivity index (χ3v) is 7.47. The Bertz CT molecular complexity index is 1210. The number of benzene rings is 2. The molecule has 2 amide bonds. The van der Waals surface area contributed by atoms with Gasteiger partial charge in [0.2, 0.25) is 21.8 Å². The lowest BCUT2D eigenvalue weighted by molar-refractivity contribution is -0.140. The minimum absolute atomic E-state index is 0.0190. The van der Waals surface area contributed by atoms with Crippen molar-refractivity contribution in [2.45, 2.75) is 39.3 Å². The van der Waals surface area contributed by atoms with Crippen LogP contribution in [0.25, 0.3) is 0 Å². The second-order valence-electron chi connectivity index (χ2n) is 8.29. The maximum Gasteiger partial charge on any atom is 0.244 e. The van der Waals surface area contributed by atoms with Crippen LogP contribution >= 0.6 is 23.2 Å². The summed E-state index contributed by atoms with van der Waals surface area (Å²) in [5, 5.41) is 3.48. The van der Waals surface area contributed by atoms with Crippen LogP contribution in [-0.4, -0.2) is 64.7 Å². The van der Waals surface area contributed by atoms with Gasteiger partial charge in [-0.05, 0) is 42.7 Å². The number of amides is 2. The van der Waals surface area contributed by atoms with Crippen LogP contribution < -0.4 is 19.1 Å². The van der Waals surface area contributed by atoms with E-state index in [1.165, 1.54) is 31.3 Å². The van der Waals surface area contributed by atoms with Gasteiger partial charge in [-0.2, -0.15) is 0 Å². The molecule has 12 heteroatoms. The Kier molecular flexibility index (Phi) is 11.3. The maximum absolute atomic E-state index is 13.7. The van der Waals surface area contributed by atoms with Gasteiger partial charge in [0, 0.05) is 19.2 Å². The number of hydrogen-bond donors (Lipinski definition) is 1. The number of nitrogens with zero attached hydrogens (tertiary/aromatic N) is 2. The highest BCUT2D eigenvalue weighted by Gasteiger charge is 2.32. The van der Waals surface area contributed by atoms with E-state index >= 15 is 0 Å². The molecule has 0 aliphatic heterocycles. The summed E-state index contributed by atoms with van der Waals surface area (Å²) in [4.78, 5) is 28.1. The van der Waals surface area contributed by atoms with Crippen molar-refractivity contribution in [3.05, 3.63) is 52.0 Å². The normalized spacial score (nSPS) is 12.0. The summed E-state index contributed by atoms with van der Waals surface area (Å²) in [6.45, 7) is 3.62. The van der Waals surface area contributed by atoms with Gasteiger partial charge in [0.15, 0.2) is 0 Å². The SMILES string of the molecule is CCCNC(=O)[C@@H](CC)N(Cc1ccc(Cl)c(Cl)c1)C(=O)CN(c1ccc(OC)cc1OC)S(C)(=O)=O. The number of anilines is 1. The van der Waals surface area contributed by atoms with E-state index in [-0.39, 0.29) is 23.9 Å². The van der Waals surface area contributed by atoms with Crippen molar-refractivity contribution in [3.8, 4) is 11.5 Å². The fourth-order valence-electron chi connectivity index (χ4n) is 3.71. The zero-order valence-electron chi connectivity index (χ0n) is 21.6. The quantitative estimate of drug-likeness (QED) is 0.386. The second kappa shape index (κ2) is 13.7. The van der Waals surface area contributed by atoms with Gasteiger partial charge in [-0.3, -0.25) is 13.9 Å². The smallest absolute Gasteiger partial charge is 0.244 e. The van der Waals surface area contributed by atoms with Crippen LogP contribution in [0.3, 0.4) is 0 Å². The molecule has 2 aromatic rings. The molecule has 0 aromatic heterocycles. The summed E-state index contributed by atoms with van der Waals surface area (Å²) < 4.78 is 37.2. The van der Waals surface area contributed by atoms with E-state index in [9.17, 15) is 18.0 Å². The molecule has 0 aliphatic rings. The van der Waals surface area contributed by atoms with E-state index in [2.05, 4.69) is 5.32 Å². The Morgan fingerprint density at radius 1 is 1.03 bits per heavy atom. The average molecular weight is 575 g/mol. The Labute approximate surface area is 228 Å². The van der Waals surface area contributed by atoms with E-state index < -0.39 is 28.5 Å². The van der Waals surface area contributed by atoms with E-state index in [0.29, 0.717) is 34.3 Å². The molecule has 1 atom stereocenters. The number of carbonyl (C=O) groups excluding carboxylic acids is 2. The van der Waals surface area contributed by atoms with Gasteiger partial charge in [-0.1, -0.05) is 43.1 Å². The molecule has 0 bridgehead atoms. The monoisotopic (exact) mass is 573 g/mol. The zero-order chi connectivity index (χ0) is 27.8. The Morgan fingerprint density at radius 2 is 1.73 bits per heavy atom. The number of methoxy groups -OCH3 is 2. The predicted octanol–water partition coefficient (Wildman–Crippen LogP) is 4.11. The molecule has 0 heterocycles. The van der Waals surface area contributed by atoms with Crippen LogP contribution in [0.2, 0.25) is 10.0 Å². The van der Waals surface area contributed by atoms with Crippen LogP contribution in [-0.2, 0) is 26.2 Å². The molecule has 0 fully saturated rings. The number of rotatable bonds is 13. The molecule has 204 valence electrons. The third kappa shape index (κ3) is 8.15. The molecule has 0 saturated carbocycles. The first kappa shape index (κ1) is 30.5. The van der Waals surface area contributed by atoms with Crippen molar-refractivity contribution in [1.82, 2.24) is 10.2 Å². The van der Waals surface area contributed by atoms with Crippen molar-refractivity contribution in [2.75, 3.05) is 37.9 Å². The van der Waals surface area contributed by atoms with Crippen LogP contribution in [0, 0.1) is 0 Å². The molecule has 0 unspecified atom stereocenters. The van der Waals surface area contributed by atoms with Crippen molar-refractivity contribution < 1.29 is 27.5 Å². The Hall–Kier alpha value is -2.69. The molecule has 0 aliphatic carbocycles. The van der Waals surface area contributed by atoms with Gasteiger partial charge in [-0.25, -0.2) is 8.42 Å². The zero-order valence-corrected chi connectivity index (χ0v) is 23.9. The molecule has 1 N–H and O–H groups in total. The van der Waals surface area contributed by atoms with Crippen LogP contribution in [0.4, 0.5) is 5.69 Å². The van der Waals surface area contributed by atoms with Crippen LogP contribution in [0.15, 0.2) is 36.4 Å². The second-order valence-corrected chi connectivity index (χ2v) is 11.0. The lowest BCUT2D eigenvalue weighted by Gasteiger charge is -2.33. The first-order valence-electron chi connectivity index (χ1n) is 11.7. The van der Waals surface area contributed by atoms with Gasteiger partial charge in [-0.15, -0.1) is 0 Å². The van der Waals surface area contributed by atoms with E-state index in [4.69, 9.17) is 32.7 Å². The van der Waals surface area contributed by atoms with Crippen molar-refractivity contribution in [1.29, 1.82) is 0 Å². The largest absolute Gasteiger partial charge is 0.497 e. The van der Waals surface area contributed by atoms with Crippen LogP contribution in [0.1, 0.15) is 32.3 Å². The third-order valence-electron chi connectivity index (χ3n) is 5.61. The number of halogens is 2. The standard InChI is InChI=1S/C25H33Cl2N3O6S/c1-6-12-28-25(32)21(7-2)29(15-17-8-10-19(26)20(27)13-17)24(31)16-30(37(5,33)34)22-11-9-18(35-3)14-23(22)36-4/h8-11,13-14,21H,6-7,12,15-16H2,1-5H3,(H,28,32)/t21-/m1/s1. The first-order valence-corrected chi connectivity index (χ1v) is 14.3. The summed E-state index contributed by atoms with van der Waals surface area (Å²) in [6, 6.07) is 8.67. The molecule has 0 saturated heterocycles. The van der Waals surface area contributed by atoms with Gasteiger partial charge in [0.05, 0.1) is 36.2 Å². The number of carbonyl (C=O) groups is 2. The molecule has 37 heavy (non-hydrogen) atoms. The maximum atomic E-state index is 13.7. The first-order chi connectivity index (χ1) is 17.5. The topological polar surface area (TPSA) is 105 Å². The summed E-state index contributed by atoms with van der Waals surface area (Å²) in [5.74, 6) is -0.236. The van der Waals surface area contributed by atoms with E-state index in [0.717, 1.165) is 17.0 Å². The van der Waals surface area contributed by atoms with Gasteiger partial charge < -0.3 is 19.7 Å². The number of hydrogen-bond acceptors (Lipinski definition) is 6. The van der Waals surface area contributed by atoms with Gasteiger partial charge in [0.1, 0.15) is 24.1 Å². The highest BCUT2D eigenvalue weighted by atomic mass is 35.5.